The van der Waals surface area contributed by atoms with Gasteiger partial charge in [-0.15, -0.1) is 23.4 Å². The fourth-order valence-corrected chi connectivity index (χ4v) is 5.48. The molecule has 0 spiro atoms. The quantitative estimate of drug-likeness (QED) is 0.312. The van der Waals surface area contributed by atoms with Gasteiger partial charge in [0.15, 0.2) is 6.10 Å². The van der Waals surface area contributed by atoms with Crippen molar-refractivity contribution in [3.05, 3.63) is 83.2 Å². The van der Waals surface area contributed by atoms with E-state index < -0.39 is 41.3 Å². The summed E-state index contributed by atoms with van der Waals surface area (Å²) >= 11 is 7.52. The topological polar surface area (TPSA) is 94.2 Å². The number of carbonyl (C=O) groups excluding carboxylic acids is 3. The second kappa shape index (κ2) is 10.8. The molecule has 2 heterocycles. The maximum atomic E-state index is 13.0. The highest BCUT2D eigenvalue weighted by molar-refractivity contribution is 8.00. The number of rotatable bonds is 6. The van der Waals surface area contributed by atoms with Crippen LogP contribution in [0.25, 0.3) is 0 Å². The highest BCUT2D eigenvalue weighted by Gasteiger charge is 2.54. The molecule has 1 unspecified atom stereocenters. The highest BCUT2D eigenvalue weighted by atomic mass is 35.5. The Kier molecular flexibility index (Phi) is 7.80. The third-order valence-corrected chi connectivity index (χ3v) is 7.09. The van der Waals surface area contributed by atoms with Crippen LogP contribution in [-0.4, -0.2) is 51.7 Å². The molecule has 36 heavy (non-hydrogen) atoms. The predicted octanol–water partition coefficient (Wildman–Crippen LogP) is 5.19. The number of alkyl carbamates (subject to hydrolysis) is 1. The van der Waals surface area contributed by atoms with Gasteiger partial charge in [-0.2, -0.15) is 0 Å². The van der Waals surface area contributed by atoms with Crippen LogP contribution >= 0.6 is 23.4 Å². The molecule has 1 saturated heterocycles. The van der Waals surface area contributed by atoms with Crippen molar-refractivity contribution in [3.8, 4) is 0 Å². The first-order valence-corrected chi connectivity index (χ1v) is 13.0. The van der Waals surface area contributed by atoms with Crippen LogP contribution in [0.3, 0.4) is 0 Å². The van der Waals surface area contributed by atoms with Crippen LogP contribution in [0.2, 0.25) is 0 Å². The molecule has 190 valence electrons. The number of ether oxygens (including phenoxy) is 3. The van der Waals surface area contributed by atoms with Gasteiger partial charge in [0.2, 0.25) is 5.88 Å². The van der Waals surface area contributed by atoms with Crippen LogP contribution in [-0.2, 0) is 19.0 Å². The summed E-state index contributed by atoms with van der Waals surface area (Å²) in [6.07, 6.45) is -2.36. The molecule has 2 aromatic rings. The van der Waals surface area contributed by atoms with Gasteiger partial charge in [-0.1, -0.05) is 60.7 Å². The second-order valence-corrected chi connectivity index (χ2v) is 10.6. The molecular weight excluding hydrogens is 504 g/mol. The number of β-lactam (4-membered cyclic amide) rings is 1. The first-order chi connectivity index (χ1) is 17.2. The van der Waals surface area contributed by atoms with E-state index in [1.54, 1.807) is 20.8 Å². The van der Waals surface area contributed by atoms with E-state index in [-0.39, 0.29) is 11.8 Å². The summed E-state index contributed by atoms with van der Waals surface area (Å²) in [4.78, 5) is 39.5. The molecule has 2 amide bonds. The number of fused-ring (bicyclic) bond motifs is 1. The summed E-state index contributed by atoms with van der Waals surface area (Å²) in [7, 11) is 0. The Balaban J connectivity index is 1.49. The zero-order valence-electron chi connectivity index (χ0n) is 20.1. The van der Waals surface area contributed by atoms with Crippen LogP contribution in [0.15, 0.2) is 72.1 Å². The van der Waals surface area contributed by atoms with Crippen LogP contribution < -0.4 is 5.32 Å². The largest absolute Gasteiger partial charge is 0.516 e. The van der Waals surface area contributed by atoms with E-state index in [2.05, 4.69) is 5.32 Å². The van der Waals surface area contributed by atoms with Gasteiger partial charge in [-0.25, -0.2) is 9.59 Å². The summed E-state index contributed by atoms with van der Waals surface area (Å²) in [6.45, 7) is 5.21. The average molecular weight is 531 g/mol. The predicted molar refractivity (Wildman–Crippen MR) is 136 cm³/mol. The molecule has 1 N–H and O–H groups in total. The molecule has 0 aliphatic carbocycles. The minimum atomic E-state index is -0.965. The van der Waals surface area contributed by atoms with Gasteiger partial charge in [-0.05, 0) is 31.9 Å². The van der Waals surface area contributed by atoms with Crippen molar-refractivity contribution in [1.82, 2.24) is 10.2 Å². The van der Waals surface area contributed by atoms with Crippen molar-refractivity contribution in [2.45, 2.75) is 43.9 Å². The van der Waals surface area contributed by atoms with E-state index >= 15 is 0 Å². The van der Waals surface area contributed by atoms with Gasteiger partial charge in [0, 0.05) is 17.2 Å². The zero-order chi connectivity index (χ0) is 25.9. The molecule has 1 fully saturated rings. The molecule has 8 nitrogen and oxygen atoms in total. The smallest absolute Gasteiger partial charge is 0.444 e. The first kappa shape index (κ1) is 25.9. The second-order valence-electron chi connectivity index (χ2n) is 9.25. The number of hydrogen-bond donors (Lipinski definition) is 1. The molecule has 2 aliphatic heterocycles. The van der Waals surface area contributed by atoms with Gasteiger partial charge in [0.25, 0.3) is 5.91 Å². The Morgan fingerprint density at radius 2 is 1.67 bits per heavy atom. The number of benzene rings is 2. The highest BCUT2D eigenvalue weighted by Crippen LogP contribution is 2.41. The van der Waals surface area contributed by atoms with Crippen LogP contribution in [0.5, 0.6) is 0 Å². The lowest BCUT2D eigenvalue weighted by Crippen LogP contribution is -2.70. The molecule has 2 aliphatic rings. The van der Waals surface area contributed by atoms with Crippen molar-refractivity contribution in [2.24, 2.45) is 0 Å². The van der Waals surface area contributed by atoms with Crippen molar-refractivity contribution in [2.75, 3.05) is 11.6 Å². The number of nitrogens with one attached hydrogen (secondary N) is 1. The molecule has 2 atom stereocenters. The van der Waals surface area contributed by atoms with Crippen molar-refractivity contribution in [3.63, 3.8) is 0 Å². The summed E-state index contributed by atoms with van der Waals surface area (Å²) < 4.78 is 16.6. The number of amides is 2. The van der Waals surface area contributed by atoms with Gasteiger partial charge < -0.3 is 19.5 Å². The fourth-order valence-electron chi connectivity index (χ4n) is 3.84. The minimum absolute atomic E-state index is 0.0471. The number of halogens is 1. The summed E-state index contributed by atoms with van der Waals surface area (Å²) in [5.74, 6) is 0.113. The lowest BCUT2D eigenvalue weighted by molar-refractivity contribution is -0.146. The molecule has 0 saturated carbocycles. The van der Waals surface area contributed by atoms with Crippen LogP contribution in [0.1, 0.15) is 38.0 Å². The maximum Gasteiger partial charge on any atom is 0.516 e. The Hall–Kier alpha value is -3.17. The Morgan fingerprint density at radius 3 is 2.19 bits per heavy atom. The molecule has 10 heteroatoms. The minimum Gasteiger partial charge on any atom is -0.444 e. The number of hydrogen-bond acceptors (Lipinski definition) is 7. The maximum absolute atomic E-state index is 13.0. The van der Waals surface area contributed by atoms with Gasteiger partial charge in [0.1, 0.15) is 17.0 Å². The molecule has 2 aromatic carbocycles. The Morgan fingerprint density at radius 1 is 1.08 bits per heavy atom. The molecule has 4 rings (SSSR count). The van der Waals surface area contributed by atoms with Crippen LogP contribution in [0.4, 0.5) is 9.59 Å². The lowest BCUT2D eigenvalue weighted by atomic mass is 10.0. The van der Waals surface area contributed by atoms with Crippen molar-refractivity contribution < 1.29 is 28.6 Å². The van der Waals surface area contributed by atoms with E-state index in [9.17, 15) is 14.4 Å². The first-order valence-electron chi connectivity index (χ1n) is 11.4. The normalized spacial score (nSPS) is 19.4. The fraction of sp³-hybridized carbons (Fsp3) is 0.346. The van der Waals surface area contributed by atoms with Crippen molar-refractivity contribution >= 4 is 41.5 Å². The Labute approximate surface area is 218 Å². The van der Waals surface area contributed by atoms with E-state index in [1.807, 2.05) is 60.7 Å². The number of alkyl halides is 1. The average Bonchev–Trinajstić information content (AvgIpc) is 2.85. The van der Waals surface area contributed by atoms with Crippen molar-refractivity contribution in [1.29, 1.82) is 0 Å². The summed E-state index contributed by atoms with van der Waals surface area (Å²) in [6, 6.07) is 17.8. The summed E-state index contributed by atoms with van der Waals surface area (Å²) in [5, 5.41) is 2.14. The standard InChI is InChI=1S/C26H27ClN2O6S/c1-26(2,3)35-24(31)28-19-21(30)29-22(18(14-27)15-36-23(19)29)34-25(32)33-20(16-10-6-4-7-11-16)17-12-8-5-9-13-17/h4-13,19-20,23H,14-15H2,1-3H3,(H,28,31)/t19?,23-/m0/s1. The molecule has 0 radical (unpaired) electrons. The van der Waals surface area contributed by atoms with E-state index in [0.29, 0.717) is 11.3 Å². The lowest BCUT2D eigenvalue weighted by Gasteiger charge is -2.49. The molecule has 0 aromatic heterocycles. The number of carbonyl (C=O) groups is 3. The molecular formula is C26H27ClN2O6S. The van der Waals surface area contributed by atoms with Gasteiger partial charge in [-0.3, -0.25) is 9.69 Å². The number of thioether (sulfide) groups is 1. The van der Waals surface area contributed by atoms with Crippen LogP contribution in [0, 0.1) is 0 Å². The van der Waals surface area contributed by atoms with E-state index in [4.69, 9.17) is 25.8 Å². The van der Waals surface area contributed by atoms with Gasteiger partial charge in [0.05, 0.1) is 0 Å². The summed E-state index contributed by atoms with van der Waals surface area (Å²) in [5.41, 5.74) is 1.42. The SMILES string of the molecule is CC(C)(C)OC(=O)NC1C(=O)N2C(OC(=O)OC(c3ccccc3)c3ccccc3)=C(CCl)CS[C@@H]12. The number of nitrogens with zero attached hydrogens (tertiary/aromatic N) is 1. The van der Waals surface area contributed by atoms with E-state index in [0.717, 1.165) is 11.1 Å². The molecule has 0 bridgehead atoms. The third-order valence-electron chi connectivity index (χ3n) is 5.42. The zero-order valence-corrected chi connectivity index (χ0v) is 21.7. The monoisotopic (exact) mass is 530 g/mol. The Bertz CT molecular complexity index is 1110. The third kappa shape index (κ3) is 5.79. The van der Waals surface area contributed by atoms with E-state index in [1.165, 1.54) is 16.7 Å². The van der Waals surface area contributed by atoms with Gasteiger partial charge >= 0.3 is 12.2 Å².